The second kappa shape index (κ2) is 9.11. The van der Waals surface area contributed by atoms with Gasteiger partial charge in [-0.1, -0.05) is 19.1 Å². The first kappa shape index (κ1) is 22.0. The van der Waals surface area contributed by atoms with Crippen LogP contribution in [0.2, 0.25) is 0 Å². The number of aryl methyl sites for hydroxylation is 1. The molecular weight excluding hydrogens is 446 g/mol. The second-order valence-corrected chi connectivity index (χ2v) is 9.70. The number of hydrogen-bond acceptors (Lipinski definition) is 7. The minimum atomic E-state index is -3.55. The fourth-order valence-electron chi connectivity index (χ4n) is 3.26. The molecule has 10 heteroatoms. The van der Waals surface area contributed by atoms with Crippen molar-refractivity contribution in [3.05, 3.63) is 76.6 Å². The summed E-state index contributed by atoms with van der Waals surface area (Å²) in [5, 5.41) is 2.83. The molecule has 2 aromatic heterocycles. The average Bonchev–Trinajstić information content (AvgIpc) is 3.14. The predicted octanol–water partition coefficient (Wildman–Crippen LogP) is 3.54. The topological polar surface area (TPSA) is 114 Å². The van der Waals surface area contributed by atoms with E-state index < -0.39 is 10.0 Å². The van der Waals surface area contributed by atoms with Crippen LogP contribution in [0.1, 0.15) is 33.5 Å². The number of para-hydroxylation sites is 2. The normalized spacial score (nSPS) is 11.6. The van der Waals surface area contributed by atoms with Crippen LogP contribution in [0, 0.1) is 6.92 Å². The van der Waals surface area contributed by atoms with Gasteiger partial charge in [0.25, 0.3) is 5.91 Å². The van der Waals surface area contributed by atoms with Gasteiger partial charge in [-0.2, -0.15) is 4.37 Å². The number of fused-ring (bicyclic) bond motifs is 1. The molecule has 8 nitrogen and oxygen atoms in total. The van der Waals surface area contributed by atoms with Crippen molar-refractivity contribution in [3.63, 3.8) is 0 Å². The molecule has 0 aliphatic carbocycles. The smallest absolute Gasteiger partial charge is 0.258 e. The van der Waals surface area contributed by atoms with E-state index in [0.29, 0.717) is 29.9 Å². The van der Waals surface area contributed by atoms with E-state index in [0.717, 1.165) is 21.6 Å². The van der Waals surface area contributed by atoms with Crippen LogP contribution in [-0.4, -0.2) is 35.2 Å². The van der Waals surface area contributed by atoms with Crippen molar-refractivity contribution in [1.29, 1.82) is 0 Å². The van der Waals surface area contributed by atoms with Crippen LogP contribution in [0.3, 0.4) is 0 Å². The molecule has 0 radical (unpaired) electrons. The molecule has 0 aliphatic heterocycles. The van der Waals surface area contributed by atoms with Crippen molar-refractivity contribution in [2.45, 2.75) is 25.2 Å². The largest absolute Gasteiger partial charge is 0.322 e. The molecule has 2 N–H and O–H groups in total. The van der Waals surface area contributed by atoms with Gasteiger partial charge < -0.3 is 5.32 Å². The maximum Gasteiger partial charge on any atom is 0.258 e. The Morgan fingerprint density at radius 3 is 2.50 bits per heavy atom. The number of anilines is 1. The molecular formula is C22H21N5O3S2. The lowest BCUT2D eigenvalue weighted by atomic mass is 10.1. The van der Waals surface area contributed by atoms with E-state index in [2.05, 4.69) is 24.4 Å². The first-order valence-corrected chi connectivity index (χ1v) is 12.2. The molecule has 0 bridgehead atoms. The fourth-order valence-corrected chi connectivity index (χ4v) is 5.18. The SMILES string of the molecule is CCNS(=O)(=O)c1ccc(NC(=O)c2c(C)nsc2Cc2cnc3ccccc3n2)cc1. The Bertz CT molecular complexity index is 1380. The predicted molar refractivity (Wildman–Crippen MR) is 124 cm³/mol. The molecule has 4 rings (SSSR count). The van der Waals surface area contributed by atoms with Crippen molar-refractivity contribution in [2.24, 2.45) is 0 Å². The highest BCUT2D eigenvalue weighted by molar-refractivity contribution is 7.89. The van der Waals surface area contributed by atoms with Crippen LogP contribution in [0.15, 0.2) is 59.6 Å². The highest BCUT2D eigenvalue weighted by Crippen LogP contribution is 2.24. The molecule has 0 aliphatic rings. The van der Waals surface area contributed by atoms with E-state index in [1.165, 1.54) is 23.7 Å². The lowest BCUT2D eigenvalue weighted by Gasteiger charge is -2.09. The number of nitrogens with one attached hydrogen (secondary N) is 2. The second-order valence-electron chi connectivity index (χ2n) is 7.07. The molecule has 0 saturated heterocycles. The number of amides is 1. The maximum atomic E-state index is 13.0. The van der Waals surface area contributed by atoms with Gasteiger partial charge in [0.1, 0.15) is 0 Å². The van der Waals surface area contributed by atoms with Crippen LogP contribution < -0.4 is 10.0 Å². The first-order valence-electron chi connectivity index (χ1n) is 9.94. The van der Waals surface area contributed by atoms with Crippen molar-refractivity contribution >= 4 is 44.2 Å². The van der Waals surface area contributed by atoms with Gasteiger partial charge in [-0.3, -0.25) is 9.78 Å². The van der Waals surface area contributed by atoms with E-state index in [1.54, 1.807) is 32.2 Å². The minimum absolute atomic E-state index is 0.140. The van der Waals surface area contributed by atoms with Gasteiger partial charge in [0.05, 0.1) is 32.9 Å². The van der Waals surface area contributed by atoms with Crippen molar-refractivity contribution in [3.8, 4) is 0 Å². The van der Waals surface area contributed by atoms with Gasteiger partial charge in [-0.15, -0.1) is 0 Å². The lowest BCUT2D eigenvalue weighted by Crippen LogP contribution is -2.23. The summed E-state index contributed by atoms with van der Waals surface area (Å²) >= 11 is 1.26. The van der Waals surface area contributed by atoms with E-state index >= 15 is 0 Å². The monoisotopic (exact) mass is 467 g/mol. The molecule has 2 aromatic carbocycles. The minimum Gasteiger partial charge on any atom is -0.322 e. The highest BCUT2D eigenvalue weighted by atomic mass is 32.2. The Balaban J connectivity index is 1.54. The molecule has 0 saturated carbocycles. The lowest BCUT2D eigenvalue weighted by molar-refractivity contribution is 0.102. The highest BCUT2D eigenvalue weighted by Gasteiger charge is 2.20. The molecule has 164 valence electrons. The van der Waals surface area contributed by atoms with E-state index in [9.17, 15) is 13.2 Å². The number of sulfonamides is 1. The summed E-state index contributed by atoms with van der Waals surface area (Å²) in [4.78, 5) is 23.0. The molecule has 0 atom stereocenters. The van der Waals surface area contributed by atoms with Crippen LogP contribution in [0.4, 0.5) is 5.69 Å². The number of nitrogens with zero attached hydrogens (tertiary/aromatic N) is 3. The number of carbonyl (C=O) groups is 1. The quantitative estimate of drug-likeness (QED) is 0.430. The van der Waals surface area contributed by atoms with Crippen LogP contribution in [0.5, 0.6) is 0 Å². The van der Waals surface area contributed by atoms with Gasteiger partial charge in [0.2, 0.25) is 10.0 Å². The van der Waals surface area contributed by atoms with Crippen LogP contribution in [-0.2, 0) is 16.4 Å². The molecule has 32 heavy (non-hydrogen) atoms. The van der Waals surface area contributed by atoms with Crippen molar-refractivity contribution in [1.82, 2.24) is 19.1 Å². The molecule has 2 heterocycles. The van der Waals surface area contributed by atoms with Gasteiger partial charge in [-0.25, -0.2) is 18.1 Å². The Morgan fingerprint density at radius 2 is 1.78 bits per heavy atom. The summed E-state index contributed by atoms with van der Waals surface area (Å²) in [6.07, 6.45) is 2.15. The third-order valence-corrected chi connectivity index (χ3v) is 7.25. The zero-order valence-corrected chi connectivity index (χ0v) is 19.1. The molecule has 0 unspecified atom stereocenters. The van der Waals surface area contributed by atoms with Crippen LogP contribution in [0.25, 0.3) is 11.0 Å². The summed E-state index contributed by atoms with van der Waals surface area (Å²) in [5.74, 6) is -0.303. The van der Waals surface area contributed by atoms with Crippen LogP contribution >= 0.6 is 11.5 Å². The summed E-state index contributed by atoms with van der Waals surface area (Å²) in [6, 6.07) is 13.7. The number of carbonyl (C=O) groups excluding carboxylic acids is 1. The van der Waals surface area contributed by atoms with E-state index in [-0.39, 0.29) is 10.8 Å². The van der Waals surface area contributed by atoms with Gasteiger partial charge in [0, 0.05) is 29.7 Å². The average molecular weight is 468 g/mol. The number of benzene rings is 2. The zero-order valence-electron chi connectivity index (χ0n) is 17.5. The Hall–Kier alpha value is -3.21. The molecule has 4 aromatic rings. The Labute approximate surface area is 190 Å². The fraction of sp³-hybridized carbons (Fsp3) is 0.182. The summed E-state index contributed by atoms with van der Waals surface area (Å²) < 4.78 is 30.9. The van der Waals surface area contributed by atoms with Crippen molar-refractivity contribution in [2.75, 3.05) is 11.9 Å². The third kappa shape index (κ3) is 4.67. The van der Waals surface area contributed by atoms with E-state index in [4.69, 9.17) is 0 Å². The summed E-state index contributed by atoms with van der Waals surface area (Å²) in [7, 11) is -3.55. The number of hydrogen-bond donors (Lipinski definition) is 2. The Morgan fingerprint density at radius 1 is 1.06 bits per heavy atom. The number of rotatable bonds is 7. The molecule has 0 spiro atoms. The molecule has 0 fully saturated rings. The van der Waals surface area contributed by atoms with Gasteiger partial charge in [0.15, 0.2) is 0 Å². The van der Waals surface area contributed by atoms with E-state index in [1.807, 2.05) is 24.3 Å². The molecule has 1 amide bonds. The van der Waals surface area contributed by atoms with Gasteiger partial charge in [-0.05, 0) is 54.9 Å². The zero-order chi connectivity index (χ0) is 22.7. The maximum absolute atomic E-state index is 13.0. The third-order valence-electron chi connectivity index (χ3n) is 4.76. The van der Waals surface area contributed by atoms with Gasteiger partial charge >= 0.3 is 0 Å². The standard InChI is InChI=1S/C22H21N5O3S2/c1-3-24-32(29,30)17-10-8-15(9-11-17)26-22(28)21-14(2)27-31-20(21)12-16-13-23-18-6-4-5-7-19(18)25-16/h4-11,13,24H,3,12H2,1-2H3,(H,26,28). The number of aromatic nitrogens is 3. The summed E-state index contributed by atoms with van der Waals surface area (Å²) in [6.45, 7) is 3.80. The first-order chi connectivity index (χ1) is 15.4. The summed E-state index contributed by atoms with van der Waals surface area (Å²) in [5.41, 5.74) is 3.97. The Kier molecular flexibility index (Phi) is 6.26. The van der Waals surface area contributed by atoms with Crippen molar-refractivity contribution < 1.29 is 13.2 Å².